The van der Waals surface area contributed by atoms with Gasteiger partial charge in [-0.05, 0) is 12.8 Å². The van der Waals surface area contributed by atoms with Crippen molar-refractivity contribution in [3.63, 3.8) is 0 Å². The lowest BCUT2D eigenvalue weighted by Crippen LogP contribution is -2.36. The fourth-order valence-corrected chi connectivity index (χ4v) is 2.81. The Morgan fingerprint density at radius 2 is 2.08 bits per heavy atom. The van der Waals surface area contributed by atoms with Crippen molar-refractivity contribution in [3.8, 4) is 11.8 Å². The minimum atomic E-state index is -0.458. The van der Waals surface area contributed by atoms with Gasteiger partial charge < -0.3 is 10.0 Å². The smallest absolute Gasteiger partial charge is 0.131 e. The van der Waals surface area contributed by atoms with Crippen LogP contribution in [-0.4, -0.2) is 45.7 Å². The van der Waals surface area contributed by atoms with E-state index >= 15 is 0 Å². The van der Waals surface area contributed by atoms with E-state index in [-0.39, 0.29) is 12.6 Å². The lowest BCUT2D eigenvalue weighted by molar-refractivity contribution is 0.145. The molecule has 0 aromatic carbocycles. The van der Waals surface area contributed by atoms with Crippen molar-refractivity contribution in [3.05, 3.63) is 40.9 Å². The van der Waals surface area contributed by atoms with Crippen LogP contribution < -0.4 is 4.90 Å². The molecule has 0 unspecified atom stereocenters. The number of halogens is 2. The molecule has 3 heterocycles. The van der Waals surface area contributed by atoms with Gasteiger partial charge in [0, 0.05) is 31.5 Å². The van der Waals surface area contributed by atoms with Crippen molar-refractivity contribution in [1.82, 2.24) is 14.8 Å². The molecule has 1 N–H and O–H groups in total. The maximum absolute atomic E-state index is 12.3. The molecule has 1 saturated heterocycles. The SMILES string of the molecule is OC1CCN(c2cc(Cl)ncc2C#Cc2cnn(CCF)c2)CC1. The molecule has 0 atom stereocenters. The van der Waals surface area contributed by atoms with Gasteiger partial charge in [0.2, 0.25) is 0 Å². The highest BCUT2D eigenvalue weighted by Crippen LogP contribution is 2.25. The maximum atomic E-state index is 12.3. The summed E-state index contributed by atoms with van der Waals surface area (Å²) >= 11 is 6.04. The third-order valence-electron chi connectivity index (χ3n) is 3.94. The van der Waals surface area contributed by atoms with Gasteiger partial charge in [-0.25, -0.2) is 9.37 Å². The van der Waals surface area contributed by atoms with Crippen LogP contribution in [0.4, 0.5) is 10.1 Å². The van der Waals surface area contributed by atoms with Gasteiger partial charge in [-0.3, -0.25) is 4.68 Å². The number of rotatable bonds is 3. The number of nitrogens with zero attached hydrogens (tertiary/aromatic N) is 4. The Bertz CT molecular complexity index is 759. The summed E-state index contributed by atoms with van der Waals surface area (Å²) in [7, 11) is 0. The van der Waals surface area contributed by atoms with Crippen molar-refractivity contribution in [1.29, 1.82) is 0 Å². The highest BCUT2D eigenvalue weighted by Gasteiger charge is 2.19. The second-order valence-corrected chi connectivity index (χ2v) is 6.06. The highest BCUT2D eigenvalue weighted by atomic mass is 35.5. The first-order valence-corrected chi connectivity index (χ1v) is 8.22. The number of aromatic nitrogens is 3. The molecule has 1 aliphatic rings. The van der Waals surface area contributed by atoms with E-state index in [0.29, 0.717) is 5.15 Å². The summed E-state index contributed by atoms with van der Waals surface area (Å²) in [5, 5.41) is 14.1. The predicted molar refractivity (Wildman–Crippen MR) is 90.9 cm³/mol. The molecule has 0 aliphatic carbocycles. The normalized spacial score (nSPS) is 15.2. The number of aliphatic hydroxyl groups excluding tert-OH is 1. The van der Waals surface area contributed by atoms with Gasteiger partial charge in [-0.15, -0.1) is 0 Å². The molecule has 0 saturated carbocycles. The average molecular weight is 349 g/mol. The highest BCUT2D eigenvalue weighted by molar-refractivity contribution is 6.29. The van der Waals surface area contributed by atoms with Crippen LogP contribution in [0.1, 0.15) is 24.0 Å². The van der Waals surface area contributed by atoms with Crippen LogP contribution in [0.2, 0.25) is 5.15 Å². The first-order valence-electron chi connectivity index (χ1n) is 7.84. The standard InChI is InChI=1S/C17H18ClFN4O/c18-17-9-16(22-6-3-15(24)4-7-22)14(11-20-17)2-1-13-10-21-23(12-13)8-5-19/h9-12,15,24H,3-8H2. The number of anilines is 1. The van der Waals surface area contributed by atoms with Gasteiger partial charge in [-0.2, -0.15) is 5.10 Å². The van der Waals surface area contributed by atoms with Gasteiger partial charge in [0.1, 0.15) is 11.8 Å². The van der Waals surface area contributed by atoms with E-state index < -0.39 is 6.67 Å². The predicted octanol–water partition coefficient (Wildman–Crippen LogP) is 2.26. The molecule has 0 spiro atoms. The van der Waals surface area contributed by atoms with E-state index in [1.165, 1.54) is 4.68 Å². The van der Waals surface area contributed by atoms with Crippen LogP contribution in [0.3, 0.4) is 0 Å². The number of aryl methyl sites for hydroxylation is 1. The molecule has 0 amide bonds. The summed E-state index contributed by atoms with van der Waals surface area (Å²) in [4.78, 5) is 6.28. The molecule has 2 aromatic heterocycles. The number of hydrogen-bond acceptors (Lipinski definition) is 4. The summed E-state index contributed by atoms with van der Waals surface area (Å²) in [6.45, 7) is 1.28. The first kappa shape index (κ1) is 16.7. The average Bonchev–Trinajstić information content (AvgIpc) is 3.02. The van der Waals surface area contributed by atoms with Gasteiger partial charge in [-0.1, -0.05) is 23.4 Å². The molecular formula is C17H18ClFN4O. The molecular weight excluding hydrogens is 331 g/mol. The quantitative estimate of drug-likeness (QED) is 0.683. The Labute approximate surface area is 145 Å². The molecule has 2 aromatic rings. The summed E-state index contributed by atoms with van der Waals surface area (Å²) in [5.74, 6) is 6.13. The third-order valence-corrected chi connectivity index (χ3v) is 4.15. The summed E-state index contributed by atoms with van der Waals surface area (Å²) < 4.78 is 13.8. The minimum absolute atomic E-state index is 0.228. The topological polar surface area (TPSA) is 54.2 Å². The van der Waals surface area contributed by atoms with Crippen molar-refractivity contribution >= 4 is 17.3 Å². The van der Waals surface area contributed by atoms with Crippen LogP contribution >= 0.6 is 11.6 Å². The molecule has 7 heteroatoms. The minimum Gasteiger partial charge on any atom is -0.393 e. The lowest BCUT2D eigenvalue weighted by Gasteiger charge is -2.32. The van der Waals surface area contributed by atoms with E-state index in [2.05, 4.69) is 26.8 Å². The van der Waals surface area contributed by atoms with Crippen LogP contribution in [0.5, 0.6) is 0 Å². The van der Waals surface area contributed by atoms with Crippen LogP contribution in [-0.2, 0) is 6.54 Å². The molecule has 3 rings (SSSR count). The Morgan fingerprint density at radius 3 is 2.83 bits per heavy atom. The van der Waals surface area contributed by atoms with E-state index in [9.17, 15) is 9.50 Å². The summed E-state index contributed by atoms with van der Waals surface area (Å²) in [6.07, 6.45) is 6.19. The van der Waals surface area contributed by atoms with Crippen LogP contribution in [0, 0.1) is 11.8 Å². The summed E-state index contributed by atoms with van der Waals surface area (Å²) in [6, 6.07) is 1.80. The zero-order valence-corrected chi connectivity index (χ0v) is 13.9. The monoisotopic (exact) mass is 348 g/mol. The number of piperidine rings is 1. The van der Waals surface area contributed by atoms with Gasteiger partial charge in [0.05, 0.1) is 35.7 Å². The van der Waals surface area contributed by atoms with E-state index in [1.54, 1.807) is 24.7 Å². The molecule has 24 heavy (non-hydrogen) atoms. The second-order valence-electron chi connectivity index (χ2n) is 5.67. The third kappa shape index (κ3) is 4.05. The van der Waals surface area contributed by atoms with Gasteiger partial charge in [0.15, 0.2) is 0 Å². The Balaban J connectivity index is 1.84. The number of alkyl halides is 1. The number of aliphatic hydroxyl groups is 1. The number of hydrogen-bond donors (Lipinski definition) is 1. The van der Waals surface area contributed by atoms with E-state index in [1.807, 2.05) is 0 Å². The molecule has 126 valence electrons. The molecule has 0 radical (unpaired) electrons. The molecule has 5 nitrogen and oxygen atoms in total. The Hall–Kier alpha value is -2.10. The fraction of sp³-hybridized carbons (Fsp3) is 0.412. The van der Waals surface area contributed by atoms with Crippen LogP contribution in [0.25, 0.3) is 0 Å². The lowest BCUT2D eigenvalue weighted by atomic mass is 10.1. The molecule has 0 bridgehead atoms. The van der Waals surface area contributed by atoms with E-state index in [4.69, 9.17) is 11.6 Å². The van der Waals surface area contributed by atoms with Gasteiger partial charge >= 0.3 is 0 Å². The van der Waals surface area contributed by atoms with Crippen molar-refractivity contribution in [2.24, 2.45) is 0 Å². The van der Waals surface area contributed by atoms with Crippen molar-refractivity contribution in [2.45, 2.75) is 25.5 Å². The maximum Gasteiger partial charge on any atom is 0.131 e. The molecule has 1 aliphatic heterocycles. The second kappa shape index (κ2) is 7.65. The van der Waals surface area contributed by atoms with Crippen molar-refractivity contribution < 1.29 is 9.50 Å². The Morgan fingerprint density at radius 1 is 1.29 bits per heavy atom. The van der Waals surface area contributed by atoms with E-state index in [0.717, 1.165) is 42.7 Å². The zero-order valence-electron chi connectivity index (χ0n) is 13.1. The first-order chi connectivity index (χ1) is 11.7. The largest absolute Gasteiger partial charge is 0.393 e. The van der Waals surface area contributed by atoms with Crippen molar-refractivity contribution in [2.75, 3.05) is 24.7 Å². The Kier molecular flexibility index (Phi) is 5.34. The van der Waals surface area contributed by atoms with Gasteiger partial charge in [0.25, 0.3) is 0 Å². The zero-order chi connectivity index (χ0) is 16.9. The fourth-order valence-electron chi connectivity index (χ4n) is 2.66. The number of pyridine rings is 1. The van der Waals surface area contributed by atoms with Crippen LogP contribution in [0.15, 0.2) is 24.7 Å². The summed E-state index contributed by atoms with van der Waals surface area (Å²) in [5.41, 5.74) is 2.41. The molecule has 1 fully saturated rings.